The number of phenolic OH excluding ortho intramolecular Hbond substituents is 2. The van der Waals surface area contributed by atoms with E-state index in [0.717, 1.165) is 62.5 Å². The smallest absolute Gasteiger partial charge is 0.339 e. The second-order valence-electron chi connectivity index (χ2n) is 17.0. The fourth-order valence-electron chi connectivity index (χ4n) is 8.41. The molecule has 0 amide bonds. The molecule has 0 bridgehead atoms. The number of carboxylic acid groups (broad SMARTS) is 1. The van der Waals surface area contributed by atoms with E-state index in [9.17, 15) is 24.9 Å². The number of carbonyl (C=O) groups excluding carboxylic acids is 1. The van der Waals surface area contributed by atoms with Crippen molar-refractivity contribution >= 4 is 34.0 Å². The maximum atomic E-state index is 14.4. The Morgan fingerprint density at radius 3 is 1.48 bits per heavy atom. The highest BCUT2D eigenvalue weighted by Crippen LogP contribution is 2.38. The van der Waals surface area contributed by atoms with Gasteiger partial charge in [0, 0.05) is 5.92 Å². The average Bonchev–Trinajstić information content (AvgIpc) is 3.94. The Morgan fingerprint density at radius 2 is 1.02 bits per heavy atom. The Balaban J connectivity index is 1.22. The van der Waals surface area contributed by atoms with Gasteiger partial charge >= 0.3 is 11.9 Å². The largest absolute Gasteiger partial charge is 0.505 e. The van der Waals surface area contributed by atoms with Gasteiger partial charge in [-0.1, -0.05) is 115 Å². The van der Waals surface area contributed by atoms with Crippen LogP contribution in [-0.2, 0) is 17.6 Å². The maximum Gasteiger partial charge on any atom is 0.339 e. The number of hydrogen-bond donors (Lipinski definition) is 3. The van der Waals surface area contributed by atoms with Crippen LogP contribution in [0.1, 0.15) is 165 Å². The topological polar surface area (TPSA) is 165 Å². The number of carboxylic acids is 1. The lowest BCUT2D eigenvalue weighted by molar-refractivity contribution is 0.0335. The number of aryl methyl sites for hydroxylation is 2. The summed E-state index contributed by atoms with van der Waals surface area (Å²) < 4.78 is 6.24. The van der Waals surface area contributed by atoms with Gasteiger partial charge in [-0.15, -0.1) is 30.0 Å². The van der Waals surface area contributed by atoms with E-state index >= 15 is 0 Å². The van der Waals surface area contributed by atoms with Crippen LogP contribution in [0.3, 0.4) is 0 Å². The van der Waals surface area contributed by atoms with Gasteiger partial charge in [0.2, 0.25) is 0 Å². The van der Waals surface area contributed by atoms with E-state index in [2.05, 4.69) is 34.2 Å². The molecule has 12 nitrogen and oxygen atoms in total. The molecule has 5 aromatic carbocycles. The molecule has 2 aromatic heterocycles. The van der Waals surface area contributed by atoms with Crippen molar-refractivity contribution in [1.82, 2.24) is 30.0 Å². The summed E-state index contributed by atoms with van der Waals surface area (Å²) in [6, 6.07) is 26.8. The number of hydrogen-bond acceptors (Lipinski definition) is 9. The third-order valence-electron chi connectivity index (χ3n) is 12.2. The number of aromatic hydroxyl groups is 2. The van der Waals surface area contributed by atoms with Gasteiger partial charge in [0.15, 0.2) is 0 Å². The van der Waals surface area contributed by atoms with Gasteiger partial charge < -0.3 is 20.1 Å². The molecule has 0 saturated heterocycles. The molecule has 2 heterocycles. The van der Waals surface area contributed by atoms with Crippen LogP contribution in [0.15, 0.2) is 91.0 Å². The van der Waals surface area contributed by atoms with E-state index in [0.29, 0.717) is 63.0 Å². The number of fused-ring (bicyclic) bond motifs is 2. The number of carbonyl (C=O) groups is 2. The normalized spacial score (nSPS) is 12.5. The molecule has 0 aliphatic carbocycles. The van der Waals surface area contributed by atoms with E-state index in [-0.39, 0.29) is 22.6 Å². The molecule has 7 aromatic rings. The highest BCUT2D eigenvalue weighted by Gasteiger charge is 2.26. The lowest BCUT2D eigenvalue weighted by atomic mass is 9.86. The van der Waals surface area contributed by atoms with Crippen molar-refractivity contribution in [2.24, 2.45) is 0 Å². The molecule has 0 spiro atoms. The highest BCUT2D eigenvalue weighted by atomic mass is 16.5. The van der Waals surface area contributed by atoms with Gasteiger partial charge in [0.1, 0.15) is 51.0 Å². The first-order valence-corrected chi connectivity index (χ1v) is 23.0. The first kappa shape index (κ1) is 45.5. The van der Waals surface area contributed by atoms with E-state index in [1.54, 1.807) is 13.0 Å². The SMILES string of the molecule is CCCCCCCCc1cc(C(C)OC(=O)c2ccc(C(=O)O)cc2C(C)c2cc(CCCCCCCC)c(O)c(-n3nc4ccccc4n3)c2)cc(-n2nc3ccccc3n2)c1O. The Kier molecular flexibility index (Phi) is 15.1. The lowest BCUT2D eigenvalue weighted by Gasteiger charge is -2.22. The monoisotopic (exact) mass is 864 g/mol. The number of aromatic nitrogens is 6. The van der Waals surface area contributed by atoms with Gasteiger partial charge in [-0.2, -0.15) is 0 Å². The molecule has 64 heavy (non-hydrogen) atoms. The van der Waals surface area contributed by atoms with Crippen LogP contribution in [0.25, 0.3) is 33.4 Å². The van der Waals surface area contributed by atoms with Crippen molar-refractivity contribution < 1.29 is 29.6 Å². The van der Waals surface area contributed by atoms with Crippen molar-refractivity contribution in [2.75, 3.05) is 0 Å². The first-order valence-electron chi connectivity index (χ1n) is 23.0. The van der Waals surface area contributed by atoms with E-state index in [4.69, 9.17) is 4.74 Å². The number of unbranched alkanes of at least 4 members (excludes halogenated alkanes) is 10. The van der Waals surface area contributed by atoms with E-state index in [1.165, 1.54) is 53.5 Å². The number of nitrogens with zero attached hydrogens (tertiary/aromatic N) is 6. The Morgan fingerprint density at radius 1 is 0.578 bits per heavy atom. The molecule has 12 heteroatoms. The van der Waals surface area contributed by atoms with Crippen LogP contribution in [-0.4, -0.2) is 57.2 Å². The summed E-state index contributed by atoms with van der Waals surface area (Å²) in [7, 11) is 0. The zero-order chi connectivity index (χ0) is 45.2. The number of benzene rings is 5. The molecule has 0 aliphatic rings. The van der Waals surface area contributed by atoms with Crippen LogP contribution in [0.5, 0.6) is 11.5 Å². The summed E-state index contributed by atoms with van der Waals surface area (Å²) in [6.07, 6.45) is 13.5. The summed E-state index contributed by atoms with van der Waals surface area (Å²) >= 11 is 0. The summed E-state index contributed by atoms with van der Waals surface area (Å²) in [6.45, 7) is 8.09. The molecular weight excluding hydrogens is 805 g/mol. The predicted molar refractivity (Wildman–Crippen MR) is 250 cm³/mol. The number of ether oxygens (including phenoxy) is 1. The van der Waals surface area contributed by atoms with E-state index < -0.39 is 24.0 Å². The van der Waals surface area contributed by atoms with Crippen LogP contribution in [0.4, 0.5) is 0 Å². The molecule has 334 valence electrons. The fourth-order valence-corrected chi connectivity index (χ4v) is 8.41. The number of phenols is 2. The van der Waals surface area contributed by atoms with Gasteiger partial charge in [0.05, 0.1) is 11.1 Å². The summed E-state index contributed by atoms with van der Waals surface area (Å²) in [5, 5.41) is 52.2. The molecule has 7 rings (SSSR count). The molecule has 2 unspecified atom stereocenters. The summed E-state index contributed by atoms with van der Waals surface area (Å²) in [4.78, 5) is 29.7. The number of rotatable bonds is 22. The Bertz CT molecular complexity index is 2660. The third kappa shape index (κ3) is 10.6. The summed E-state index contributed by atoms with van der Waals surface area (Å²) in [5.74, 6) is -2.11. The standard InChI is InChI=1S/C52H60N6O6/c1-5-7-9-11-13-15-21-36-29-39(32-47(49(36)59)57-53-43-23-17-18-24-44(43)54-57)34(3)42-31-38(51(61)62)27-28-41(42)52(63)64-35(4)40-30-37(22-16-14-12-10-8-6-2)50(60)48(33-40)58-55-45-25-19-20-26-46(45)56-58/h17-20,23-35,59-60H,5-16,21-22H2,1-4H3,(H,61,62). The van der Waals surface area contributed by atoms with Crippen LogP contribution in [0.2, 0.25) is 0 Å². The minimum atomic E-state index is -1.13. The van der Waals surface area contributed by atoms with Crippen LogP contribution < -0.4 is 0 Å². The van der Waals surface area contributed by atoms with Gasteiger partial charge in [-0.25, -0.2) is 9.59 Å². The van der Waals surface area contributed by atoms with Crippen LogP contribution in [0, 0.1) is 0 Å². The number of aromatic carboxylic acids is 1. The first-order chi connectivity index (χ1) is 31.1. The third-order valence-corrected chi connectivity index (χ3v) is 12.2. The maximum absolute atomic E-state index is 14.4. The van der Waals surface area contributed by atoms with Gasteiger partial charge in [-0.3, -0.25) is 0 Å². The molecular formula is C52H60N6O6. The predicted octanol–water partition coefficient (Wildman–Crippen LogP) is 12.1. The van der Waals surface area contributed by atoms with Crippen molar-refractivity contribution in [3.8, 4) is 22.9 Å². The van der Waals surface area contributed by atoms with Crippen LogP contribution >= 0.6 is 0 Å². The van der Waals surface area contributed by atoms with Crippen molar-refractivity contribution in [1.29, 1.82) is 0 Å². The quantitative estimate of drug-likeness (QED) is 0.0441. The zero-order valence-corrected chi connectivity index (χ0v) is 37.5. The minimum absolute atomic E-state index is 0.0272. The molecule has 0 radical (unpaired) electrons. The summed E-state index contributed by atoms with van der Waals surface area (Å²) in [5.41, 5.74) is 7.04. The number of esters is 1. The zero-order valence-electron chi connectivity index (χ0n) is 37.5. The lowest BCUT2D eigenvalue weighted by Crippen LogP contribution is -2.15. The molecule has 2 atom stereocenters. The van der Waals surface area contributed by atoms with Crippen molar-refractivity contribution in [3.63, 3.8) is 0 Å². The molecule has 0 saturated carbocycles. The average molecular weight is 865 g/mol. The van der Waals surface area contributed by atoms with Crippen molar-refractivity contribution in [3.05, 3.63) is 130 Å². The molecule has 0 aliphatic heterocycles. The Hall–Kier alpha value is -6.56. The van der Waals surface area contributed by atoms with Crippen molar-refractivity contribution in [2.45, 2.75) is 130 Å². The fraction of sp³-hybridized carbons (Fsp3) is 0.385. The second kappa shape index (κ2) is 21.2. The second-order valence-corrected chi connectivity index (χ2v) is 17.0. The van der Waals surface area contributed by atoms with Gasteiger partial charge in [-0.05, 0) is 121 Å². The minimum Gasteiger partial charge on any atom is -0.505 e. The highest BCUT2D eigenvalue weighted by molar-refractivity contribution is 5.95. The van der Waals surface area contributed by atoms with E-state index in [1.807, 2.05) is 73.7 Å². The Labute approximate surface area is 374 Å². The molecule has 3 N–H and O–H groups in total. The van der Waals surface area contributed by atoms with Gasteiger partial charge in [0.25, 0.3) is 0 Å². The molecule has 0 fully saturated rings.